The van der Waals surface area contributed by atoms with Crippen molar-refractivity contribution in [2.24, 2.45) is 11.8 Å². The number of likely N-dealkylation sites (N-methyl/N-ethyl adjacent to an activating group) is 1. The molecule has 0 saturated heterocycles. The van der Waals surface area contributed by atoms with Crippen LogP contribution in [0.3, 0.4) is 0 Å². The van der Waals surface area contributed by atoms with Crippen molar-refractivity contribution in [3.05, 3.63) is 34.3 Å². The first-order valence-corrected chi connectivity index (χ1v) is 9.44. The summed E-state index contributed by atoms with van der Waals surface area (Å²) in [6.45, 7) is 0.724. The Morgan fingerprint density at radius 3 is 2.42 bits per heavy atom. The molecule has 1 N–H and O–H groups in total. The molecule has 2 saturated carbocycles. The van der Waals surface area contributed by atoms with Crippen molar-refractivity contribution in [2.45, 2.75) is 43.9 Å². The number of carboxylic acids is 1. The third-order valence-corrected chi connectivity index (χ3v) is 6.13. The molecule has 24 heavy (non-hydrogen) atoms. The number of benzene rings is 1. The summed E-state index contributed by atoms with van der Waals surface area (Å²) in [6.07, 6.45) is 5.05. The van der Waals surface area contributed by atoms with E-state index in [1.54, 1.807) is 0 Å². The van der Waals surface area contributed by atoms with Gasteiger partial charge < -0.3 is 10.0 Å². The fourth-order valence-electron chi connectivity index (χ4n) is 3.97. The van der Waals surface area contributed by atoms with E-state index in [2.05, 4.69) is 40.2 Å². The molecule has 0 aliphatic heterocycles. The SMILES string of the molecule is CN(CC1(c2ccc(Br)cc2)CC1)C(=O)C1CCCC(C(=O)O)C1. The molecule has 2 atom stereocenters. The van der Waals surface area contributed by atoms with Gasteiger partial charge >= 0.3 is 5.97 Å². The molecule has 1 aromatic carbocycles. The van der Waals surface area contributed by atoms with Crippen LogP contribution in [-0.2, 0) is 15.0 Å². The Morgan fingerprint density at radius 2 is 1.83 bits per heavy atom. The summed E-state index contributed by atoms with van der Waals surface area (Å²) in [6, 6.07) is 8.37. The summed E-state index contributed by atoms with van der Waals surface area (Å²) >= 11 is 3.46. The lowest BCUT2D eigenvalue weighted by atomic mass is 9.80. The van der Waals surface area contributed by atoms with Crippen LogP contribution in [-0.4, -0.2) is 35.5 Å². The van der Waals surface area contributed by atoms with Gasteiger partial charge in [-0.05, 0) is 49.8 Å². The second kappa shape index (κ2) is 6.87. The van der Waals surface area contributed by atoms with E-state index in [0.717, 1.165) is 36.7 Å². The first-order valence-electron chi connectivity index (χ1n) is 8.65. The minimum atomic E-state index is -0.760. The minimum absolute atomic E-state index is 0.0893. The first kappa shape index (κ1) is 17.5. The number of carboxylic acid groups (broad SMARTS) is 1. The smallest absolute Gasteiger partial charge is 0.306 e. The van der Waals surface area contributed by atoms with Crippen molar-refractivity contribution >= 4 is 27.8 Å². The molecule has 1 aromatic rings. The highest BCUT2D eigenvalue weighted by atomic mass is 79.9. The van der Waals surface area contributed by atoms with Crippen LogP contribution in [0.25, 0.3) is 0 Å². The summed E-state index contributed by atoms with van der Waals surface area (Å²) in [5, 5.41) is 9.22. The maximum Gasteiger partial charge on any atom is 0.306 e. The number of halogens is 1. The standard InChI is InChI=1S/C19H24BrNO3/c1-21(17(22)13-3-2-4-14(11-13)18(23)24)12-19(9-10-19)15-5-7-16(20)8-6-15/h5-8,13-14H,2-4,9-12H2,1H3,(H,23,24). The van der Waals surface area contributed by atoms with Crippen LogP contribution >= 0.6 is 15.9 Å². The van der Waals surface area contributed by atoms with Crippen LogP contribution in [0.1, 0.15) is 44.1 Å². The van der Waals surface area contributed by atoms with Gasteiger partial charge in [0.1, 0.15) is 0 Å². The second-order valence-electron chi connectivity index (χ2n) is 7.38. The Labute approximate surface area is 151 Å². The zero-order valence-electron chi connectivity index (χ0n) is 14.0. The largest absolute Gasteiger partial charge is 0.481 e. The van der Waals surface area contributed by atoms with Crippen LogP contribution in [0.2, 0.25) is 0 Å². The predicted octanol–water partition coefficient (Wildman–Crippen LogP) is 3.83. The van der Waals surface area contributed by atoms with Crippen molar-refractivity contribution < 1.29 is 14.7 Å². The van der Waals surface area contributed by atoms with Gasteiger partial charge in [0.25, 0.3) is 0 Å². The Balaban J connectivity index is 1.64. The molecule has 5 heteroatoms. The maximum atomic E-state index is 12.8. The molecule has 0 radical (unpaired) electrons. The lowest BCUT2D eigenvalue weighted by Gasteiger charge is -2.31. The number of hydrogen-bond donors (Lipinski definition) is 1. The fourth-order valence-corrected chi connectivity index (χ4v) is 4.24. The number of aliphatic carboxylic acids is 1. The molecule has 0 heterocycles. The van der Waals surface area contributed by atoms with E-state index in [0.29, 0.717) is 12.8 Å². The van der Waals surface area contributed by atoms with Crippen LogP contribution in [0.15, 0.2) is 28.7 Å². The van der Waals surface area contributed by atoms with Gasteiger partial charge in [-0.3, -0.25) is 9.59 Å². The van der Waals surface area contributed by atoms with Gasteiger partial charge in [-0.25, -0.2) is 0 Å². The van der Waals surface area contributed by atoms with Gasteiger partial charge in [0.05, 0.1) is 5.92 Å². The lowest BCUT2D eigenvalue weighted by molar-refractivity contribution is -0.145. The molecule has 3 rings (SSSR count). The van der Waals surface area contributed by atoms with E-state index in [1.165, 1.54) is 5.56 Å². The van der Waals surface area contributed by atoms with Gasteiger partial charge in [0, 0.05) is 29.4 Å². The van der Waals surface area contributed by atoms with Gasteiger partial charge in [0.15, 0.2) is 0 Å². The Hall–Kier alpha value is -1.36. The van der Waals surface area contributed by atoms with Gasteiger partial charge in [0.2, 0.25) is 5.91 Å². The summed E-state index contributed by atoms with van der Waals surface area (Å²) < 4.78 is 1.06. The van der Waals surface area contributed by atoms with Gasteiger partial charge in [-0.15, -0.1) is 0 Å². The quantitative estimate of drug-likeness (QED) is 0.826. The zero-order chi connectivity index (χ0) is 17.3. The molecule has 2 aliphatic carbocycles. The third-order valence-electron chi connectivity index (χ3n) is 5.60. The molecule has 1 amide bonds. The van der Waals surface area contributed by atoms with Gasteiger partial charge in [-0.1, -0.05) is 34.5 Å². The van der Waals surface area contributed by atoms with Crippen molar-refractivity contribution in [2.75, 3.05) is 13.6 Å². The van der Waals surface area contributed by atoms with E-state index in [4.69, 9.17) is 0 Å². The van der Waals surface area contributed by atoms with E-state index >= 15 is 0 Å². The van der Waals surface area contributed by atoms with Crippen molar-refractivity contribution in [1.82, 2.24) is 4.90 Å². The number of carbonyl (C=O) groups is 2. The Morgan fingerprint density at radius 1 is 1.21 bits per heavy atom. The molecule has 0 bridgehead atoms. The number of carbonyl (C=O) groups excluding carboxylic acids is 1. The lowest BCUT2D eigenvalue weighted by Crippen LogP contribution is -2.40. The number of rotatable bonds is 5. The Kier molecular flexibility index (Phi) is 5.00. The normalized spacial score (nSPS) is 25.1. The summed E-state index contributed by atoms with van der Waals surface area (Å²) in [5.41, 5.74) is 1.38. The Bertz CT molecular complexity index is 624. The zero-order valence-corrected chi connectivity index (χ0v) is 15.6. The highest BCUT2D eigenvalue weighted by molar-refractivity contribution is 9.10. The number of nitrogens with zero attached hydrogens (tertiary/aromatic N) is 1. The van der Waals surface area contributed by atoms with Crippen molar-refractivity contribution in [3.63, 3.8) is 0 Å². The monoisotopic (exact) mass is 393 g/mol. The molecule has 2 unspecified atom stereocenters. The van der Waals surface area contributed by atoms with E-state index in [9.17, 15) is 14.7 Å². The average Bonchev–Trinajstić information content (AvgIpc) is 3.35. The molecule has 0 spiro atoms. The molecular formula is C19H24BrNO3. The minimum Gasteiger partial charge on any atom is -0.481 e. The third kappa shape index (κ3) is 3.66. The maximum absolute atomic E-state index is 12.8. The van der Waals surface area contributed by atoms with E-state index in [1.807, 2.05) is 11.9 Å². The first-order chi connectivity index (χ1) is 11.4. The topological polar surface area (TPSA) is 57.6 Å². The molecule has 2 fully saturated rings. The highest BCUT2D eigenvalue weighted by Crippen LogP contribution is 2.49. The van der Waals surface area contributed by atoms with Gasteiger partial charge in [-0.2, -0.15) is 0 Å². The van der Waals surface area contributed by atoms with E-state index < -0.39 is 5.97 Å². The fraction of sp³-hybridized carbons (Fsp3) is 0.579. The molecule has 130 valence electrons. The summed E-state index contributed by atoms with van der Waals surface area (Å²) in [4.78, 5) is 25.8. The molecule has 2 aliphatic rings. The summed E-state index contributed by atoms with van der Waals surface area (Å²) in [5.74, 6) is -1.14. The molecule has 0 aromatic heterocycles. The molecular weight excluding hydrogens is 370 g/mol. The van der Waals surface area contributed by atoms with Crippen LogP contribution in [0.4, 0.5) is 0 Å². The van der Waals surface area contributed by atoms with Crippen LogP contribution < -0.4 is 0 Å². The predicted molar refractivity (Wildman–Crippen MR) is 95.8 cm³/mol. The van der Waals surface area contributed by atoms with Crippen molar-refractivity contribution in [1.29, 1.82) is 0 Å². The average molecular weight is 394 g/mol. The number of hydrogen-bond acceptors (Lipinski definition) is 2. The van der Waals surface area contributed by atoms with Crippen LogP contribution in [0.5, 0.6) is 0 Å². The molecule has 4 nitrogen and oxygen atoms in total. The van der Waals surface area contributed by atoms with E-state index in [-0.39, 0.29) is 23.2 Å². The van der Waals surface area contributed by atoms with Crippen LogP contribution in [0, 0.1) is 11.8 Å². The summed E-state index contributed by atoms with van der Waals surface area (Å²) in [7, 11) is 1.87. The number of amides is 1. The van der Waals surface area contributed by atoms with Crippen molar-refractivity contribution in [3.8, 4) is 0 Å². The second-order valence-corrected chi connectivity index (χ2v) is 8.30. The highest BCUT2D eigenvalue weighted by Gasteiger charge is 2.46.